The zero-order chi connectivity index (χ0) is 20.6. The number of carbonyl (C=O) groups excluding carboxylic acids is 2. The molecule has 29 heavy (non-hydrogen) atoms. The normalized spacial score (nSPS) is 11.5. The molecule has 2 aromatic carbocycles. The van der Waals surface area contributed by atoms with Crippen molar-refractivity contribution in [3.8, 4) is 0 Å². The Kier molecular flexibility index (Phi) is 6.86. The van der Waals surface area contributed by atoms with Crippen molar-refractivity contribution in [3.05, 3.63) is 83.4 Å². The van der Waals surface area contributed by atoms with Gasteiger partial charge in [-0.05, 0) is 29.8 Å². The molecule has 1 heterocycles. The monoisotopic (exact) mass is 411 g/mol. The quantitative estimate of drug-likeness (QED) is 0.556. The Morgan fingerprint density at radius 3 is 2.48 bits per heavy atom. The van der Waals surface area contributed by atoms with Crippen LogP contribution < -0.4 is 16.0 Å². The van der Waals surface area contributed by atoms with Crippen molar-refractivity contribution >= 4 is 29.2 Å². The lowest BCUT2D eigenvalue weighted by Gasteiger charge is -2.19. The summed E-state index contributed by atoms with van der Waals surface area (Å²) in [6, 6.07) is 15.6. The molecular weight excluding hydrogens is 390 g/mol. The number of halogens is 1. The third kappa shape index (κ3) is 5.83. The summed E-state index contributed by atoms with van der Waals surface area (Å²) in [7, 11) is 1.87. The number of hydrogen-bond donors (Lipinski definition) is 3. The zero-order valence-corrected chi connectivity index (χ0v) is 16.7. The Morgan fingerprint density at radius 2 is 1.83 bits per heavy atom. The van der Waals surface area contributed by atoms with Crippen LogP contribution in [0.4, 0.5) is 10.5 Å². The predicted molar refractivity (Wildman–Crippen MR) is 113 cm³/mol. The molecule has 1 atom stereocenters. The molecule has 7 nitrogen and oxygen atoms in total. The average Bonchev–Trinajstić information content (AvgIpc) is 3.13. The van der Waals surface area contributed by atoms with Crippen LogP contribution in [0.15, 0.2) is 67.0 Å². The highest BCUT2D eigenvalue weighted by Gasteiger charge is 2.20. The van der Waals surface area contributed by atoms with Crippen LogP contribution in [0.3, 0.4) is 0 Å². The van der Waals surface area contributed by atoms with Crippen molar-refractivity contribution in [3.63, 3.8) is 0 Å². The zero-order valence-electron chi connectivity index (χ0n) is 15.9. The maximum Gasteiger partial charge on any atom is 0.319 e. The van der Waals surface area contributed by atoms with Crippen LogP contribution in [0.25, 0.3) is 0 Å². The maximum absolute atomic E-state index is 12.5. The summed E-state index contributed by atoms with van der Waals surface area (Å²) >= 11 is 5.98. The second kappa shape index (κ2) is 9.75. The first kappa shape index (κ1) is 20.4. The molecule has 0 saturated carbocycles. The Hall–Kier alpha value is -3.32. The van der Waals surface area contributed by atoms with E-state index in [4.69, 9.17) is 11.6 Å². The molecule has 1 aromatic heterocycles. The van der Waals surface area contributed by atoms with Gasteiger partial charge in [-0.3, -0.25) is 4.79 Å². The third-order valence-corrected chi connectivity index (χ3v) is 4.55. The molecule has 0 aliphatic rings. The number of rotatable bonds is 7. The third-order valence-electron chi connectivity index (χ3n) is 4.29. The van der Waals surface area contributed by atoms with Crippen molar-refractivity contribution < 1.29 is 9.59 Å². The fourth-order valence-corrected chi connectivity index (χ4v) is 2.95. The minimum Gasteiger partial charge on any atom is -0.342 e. The molecule has 0 aliphatic carbocycles. The number of imidazole rings is 1. The van der Waals surface area contributed by atoms with Gasteiger partial charge >= 0.3 is 6.03 Å². The summed E-state index contributed by atoms with van der Waals surface area (Å²) in [4.78, 5) is 28.8. The fraction of sp³-hybridized carbons (Fsp3) is 0.190. The number of aromatic nitrogens is 2. The minimum absolute atomic E-state index is 0.136. The minimum atomic E-state index is -0.419. The van der Waals surface area contributed by atoms with Crippen LogP contribution in [-0.4, -0.2) is 28.0 Å². The van der Waals surface area contributed by atoms with Gasteiger partial charge in [-0.1, -0.05) is 41.9 Å². The first-order chi connectivity index (χ1) is 14.0. The van der Waals surface area contributed by atoms with Crippen LogP contribution in [0.5, 0.6) is 0 Å². The number of hydrogen-bond acceptors (Lipinski definition) is 3. The van der Waals surface area contributed by atoms with E-state index < -0.39 is 6.04 Å². The molecule has 3 aromatic rings. The van der Waals surface area contributed by atoms with Crippen LogP contribution in [0, 0.1) is 0 Å². The Bertz CT molecular complexity index is 957. The molecule has 0 bridgehead atoms. The van der Waals surface area contributed by atoms with Crippen molar-refractivity contribution in [2.24, 2.45) is 7.05 Å². The van der Waals surface area contributed by atoms with Gasteiger partial charge in [0.2, 0.25) is 5.91 Å². The largest absolute Gasteiger partial charge is 0.342 e. The van der Waals surface area contributed by atoms with E-state index in [-0.39, 0.29) is 24.9 Å². The standard InChI is InChI=1S/C21H22ClN5O2/c1-27-14-13-23-20(27)19(15-7-9-16(22)10-8-15)26-18(28)11-12-24-21(29)25-17-5-3-2-4-6-17/h2-10,13-14,19H,11-12H2,1H3,(H,26,28)(H2,24,25,29). The van der Waals surface area contributed by atoms with Gasteiger partial charge in [0.25, 0.3) is 0 Å². The summed E-state index contributed by atoms with van der Waals surface area (Å²) in [5, 5.41) is 8.99. The van der Waals surface area contributed by atoms with E-state index in [1.807, 2.05) is 48.1 Å². The van der Waals surface area contributed by atoms with Gasteiger partial charge in [-0.2, -0.15) is 0 Å². The molecule has 0 saturated heterocycles. The second-order valence-electron chi connectivity index (χ2n) is 6.45. The number of carbonyl (C=O) groups is 2. The molecule has 1 unspecified atom stereocenters. The van der Waals surface area contributed by atoms with E-state index in [2.05, 4.69) is 20.9 Å². The summed E-state index contributed by atoms with van der Waals surface area (Å²) in [6.45, 7) is 0.207. The molecule has 3 amide bonds. The van der Waals surface area contributed by atoms with E-state index >= 15 is 0 Å². The van der Waals surface area contributed by atoms with E-state index in [1.54, 1.807) is 30.5 Å². The van der Waals surface area contributed by atoms with Crippen molar-refractivity contribution in [2.45, 2.75) is 12.5 Å². The number of benzene rings is 2. The smallest absolute Gasteiger partial charge is 0.319 e. The van der Waals surface area contributed by atoms with Gasteiger partial charge in [0.15, 0.2) is 0 Å². The van der Waals surface area contributed by atoms with Crippen LogP contribution in [-0.2, 0) is 11.8 Å². The summed E-state index contributed by atoms with van der Waals surface area (Å²) in [5.41, 5.74) is 1.55. The molecule has 0 fully saturated rings. The number of aryl methyl sites for hydroxylation is 1. The van der Waals surface area contributed by atoms with Gasteiger partial charge in [-0.15, -0.1) is 0 Å². The molecule has 0 aliphatic heterocycles. The van der Waals surface area contributed by atoms with E-state index in [0.717, 1.165) is 5.56 Å². The number of anilines is 1. The summed E-state index contributed by atoms with van der Waals surface area (Å²) in [5.74, 6) is 0.503. The lowest BCUT2D eigenvalue weighted by Crippen LogP contribution is -2.35. The second-order valence-corrected chi connectivity index (χ2v) is 6.88. The first-order valence-electron chi connectivity index (χ1n) is 9.15. The van der Waals surface area contributed by atoms with Crippen molar-refractivity contribution in [2.75, 3.05) is 11.9 Å². The number of nitrogens with one attached hydrogen (secondary N) is 3. The summed E-state index contributed by atoms with van der Waals surface area (Å²) < 4.78 is 1.85. The van der Waals surface area contributed by atoms with Crippen LogP contribution in [0.2, 0.25) is 5.02 Å². The highest BCUT2D eigenvalue weighted by atomic mass is 35.5. The SMILES string of the molecule is Cn1ccnc1C(NC(=O)CCNC(=O)Nc1ccccc1)c1ccc(Cl)cc1. The van der Waals surface area contributed by atoms with Gasteiger partial charge < -0.3 is 20.5 Å². The van der Waals surface area contributed by atoms with Crippen LogP contribution in [0.1, 0.15) is 23.9 Å². The lowest BCUT2D eigenvalue weighted by molar-refractivity contribution is -0.121. The highest BCUT2D eigenvalue weighted by Crippen LogP contribution is 2.22. The van der Waals surface area contributed by atoms with E-state index in [9.17, 15) is 9.59 Å². The van der Waals surface area contributed by atoms with E-state index in [1.165, 1.54) is 0 Å². The number of urea groups is 1. The van der Waals surface area contributed by atoms with Gasteiger partial charge in [0.05, 0.1) is 0 Å². The van der Waals surface area contributed by atoms with Gasteiger partial charge in [0, 0.05) is 43.1 Å². The number of amides is 3. The fourth-order valence-electron chi connectivity index (χ4n) is 2.83. The Labute approximate surface area is 174 Å². The molecule has 8 heteroatoms. The molecule has 0 spiro atoms. The first-order valence-corrected chi connectivity index (χ1v) is 9.52. The van der Waals surface area contributed by atoms with Crippen molar-refractivity contribution in [1.29, 1.82) is 0 Å². The van der Waals surface area contributed by atoms with Gasteiger partial charge in [0.1, 0.15) is 11.9 Å². The molecule has 150 valence electrons. The predicted octanol–water partition coefficient (Wildman–Crippen LogP) is 3.49. The van der Waals surface area contributed by atoms with Gasteiger partial charge in [-0.25, -0.2) is 9.78 Å². The molecule has 0 radical (unpaired) electrons. The highest BCUT2D eigenvalue weighted by molar-refractivity contribution is 6.30. The maximum atomic E-state index is 12.5. The topological polar surface area (TPSA) is 88.1 Å². The van der Waals surface area contributed by atoms with Crippen molar-refractivity contribution in [1.82, 2.24) is 20.2 Å². The number of nitrogens with zero attached hydrogens (tertiary/aromatic N) is 2. The molecular formula is C21H22ClN5O2. The molecule has 3 N–H and O–H groups in total. The summed E-state index contributed by atoms with van der Waals surface area (Å²) in [6.07, 6.45) is 3.64. The molecule has 3 rings (SSSR count). The average molecular weight is 412 g/mol. The number of para-hydroxylation sites is 1. The Morgan fingerprint density at radius 1 is 1.10 bits per heavy atom. The van der Waals surface area contributed by atoms with E-state index in [0.29, 0.717) is 16.5 Å². The Balaban J connectivity index is 1.57. The lowest BCUT2D eigenvalue weighted by atomic mass is 10.1. The van der Waals surface area contributed by atoms with Crippen LogP contribution >= 0.6 is 11.6 Å².